The first-order valence-corrected chi connectivity index (χ1v) is 3.61. The Kier molecular flexibility index (Phi) is 0.228. The molecule has 3 heteroatoms. The Labute approximate surface area is 32.7 Å². The Morgan fingerprint density at radius 2 is 1.80 bits per heavy atom. The van der Waals surface area contributed by atoms with E-state index in [1.165, 1.54) is 0 Å². The van der Waals surface area contributed by atoms with Gasteiger partial charge in [-0.3, -0.25) is 10.9 Å². The van der Waals surface area contributed by atoms with Crippen molar-refractivity contribution in [3.05, 3.63) is 0 Å². The molecule has 0 aromatic heterocycles. The van der Waals surface area contributed by atoms with Crippen LogP contribution in [0.3, 0.4) is 0 Å². The fraction of sp³-hybridized carbons (Fsp3) is 1.00. The van der Waals surface area contributed by atoms with E-state index in [1.54, 1.807) is 0 Å². The molecule has 2 unspecified atom stereocenters. The highest BCUT2D eigenvalue weighted by Gasteiger charge is 2.45. The minimum absolute atomic E-state index is 0.404. The van der Waals surface area contributed by atoms with Crippen LogP contribution in [0.2, 0.25) is 0 Å². The average molecular weight is 86.2 g/mol. The number of fused-ring (bicyclic) bond motifs is 1. The molecule has 2 saturated heterocycles. The highest BCUT2D eigenvalue weighted by atomic mass is 28.2. The zero-order chi connectivity index (χ0) is 3.28. The van der Waals surface area contributed by atoms with E-state index >= 15 is 0 Å². The second-order valence-corrected chi connectivity index (χ2v) is 3.97. The van der Waals surface area contributed by atoms with Crippen molar-refractivity contribution in [3.8, 4) is 0 Å². The minimum atomic E-state index is 0.404. The number of rotatable bonds is 0. The molecule has 0 aromatic carbocycles. The summed E-state index contributed by atoms with van der Waals surface area (Å²) in [4.78, 5) is 0. The van der Waals surface area contributed by atoms with Crippen molar-refractivity contribution in [1.29, 1.82) is 0 Å². The highest BCUT2D eigenvalue weighted by molar-refractivity contribution is 6.55. The molecule has 2 atom stereocenters. The van der Waals surface area contributed by atoms with E-state index in [0.717, 1.165) is 11.3 Å². The van der Waals surface area contributed by atoms with Crippen LogP contribution in [0, 0.1) is 0 Å². The van der Waals surface area contributed by atoms with Gasteiger partial charge in [0.25, 0.3) is 0 Å². The van der Waals surface area contributed by atoms with E-state index in [-0.39, 0.29) is 0 Å². The Morgan fingerprint density at radius 3 is 1.80 bits per heavy atom. The summed E-state index contributed by atoms with van der Waals surface area (Å²) >= 11 is 0. The lowest BCUT2D eigenvalue weighted by Crippen LogP contribution is -2.49. The molecule has 2 aliphatic rings. The molecule has 2 N–H and O–H groups in total. The monoisotopic (exact) mass is 86.0 g/mol. The minimum Gasteiger partial charge on any atom is -0.257 e. The van der Waals surface area contributed by atoms with Crippen LogP contribution >= 0.6 is 0 Å². The summed E-state index contributed by atoms with van der Waals surface area (Å²) < 4.78 is 0. The summed E-state index contributed by atoms with van der Waals surface area (Å²) in [7, 11) is 0.404. The van der Waals surface area contributed by atoms with Crippen molar-refractivity contribution in [2.24, 2.45) is 0 Å². The lowest BCUT2D eigenvalue weighted by molar-refractivity contribution is 0.415. The molecule has 0 aliphatic carbocycles. The van der Waals surface area contributed by atoms with E-state index in [4.69, 9.17) is 0 Å². The summed E-state index contributed by atoms with van der Waals surface area (Å²) in [5.41, 5.74) is 8.21. The molecule has 0 aromatic rings. The molecule has 0 saturated carbocycles. The van der Waals surface area contributed by atoms with Crippen LogP contribution in [-0.4, -0.2) is 20.8 Å². The maximum atomic E-state index is 3.09. The zero-order valence-electron chi connectivity index (χ0n) is 2.86. The van der Waals surface area contributed by atoms with Crippen LogP contribution < -0.4 is 10.9 Å². The van der Waals surface area contributed by atoms with E-state index in [0.29, 0.717) is 9.52 Å². The third kappa shape index (κ3) is 0.152. The lowest BCUT2D eigenvalue weighted by atomic mass is 10.6. The molecular weight excluding hydrogens is 80.1 g/mol. The van der Waals surface area contributed by atoms with Gasteiger partial charge in [0.1, 0.15) is 0 Å². The average Bonchev–Trinajstić information content (AvgIpc) is 1.74. The smallest absolute Gasteiger partial charge is 0.0673 e. The first-order valence-electron chi connectivity index (χ1n) is 1.98. The van der Waals surface area contributed by atoms with Crippen molar-refractivity contribution in [2.45, 2.75) is 11.3 Å². The zero-order valence-corrected chi connectivity index (χ0v) is 4.28. The van der Waals surface area contributed by atoms with Gasteiger partial charge in [-0.1, -0.05) is 0 Å². The first-order chi connectivity index (χ1) is 2.47. The van der Waals surface area contributed by atoms with Gasteiger partial charge in [0, 0.05) is 11.3 Å². The SMILES string of the molecule is N1NC2[SiH2]C12. The Hall–Kier alpha value is 0.137. The molecule has 0 spiro atoms. The van der Waals surface area contributed by atoms with E-state index in [9.17, 15) is 0 Å². The number of hydrazine groups is 1. The molecule has 2 heterocycles. The molecule has 2 fully saturated rings. The third-order valence-corrected chi connectivity index (χ3v) is 3.07. The predicted molar refractivity (Wildman–Crippen MR) is 22.4 cm³/mol. The van der Waals surface area contributed by atoms with Crippen LogP contribution in [0.4, 0.5) is 0 Å². The van der Waals surface area contributed by atoms with Crippen LogP contribution in [-0.2, 0) is 0 Å². The fourth-order valence-electron chi connectivity index (χ4n) is 0.632. The first kappa shape index (κ1) is 2.33. The molecule has 2 rings (SSSR count). The second kappa shape index (κ2) is 0.488. The van der Waals surface area contributed by atoms with Crippen molar-refractivity contribution in [2.75, 3.05) is 0 Å². The van der Waals surface area contributed by atoms with Crippen LogP contribution in [0.1, 0.15) is 0 Å². The molecular formula is C2H6N2Si. The number of hydrogen-bond donors (Lipinski definition) is 2. The van der Waals surface area contributed by atoms with E-state index < -0.39 is 0 Å². The van der Waals surface area contributed by atoms with Crippen molar-refractivity contribution < 1.29 is 0 Å². The molecule has 28 valence electrons. The molecule has 0 radical (unpaired) electrons. The maximum Gasteiger partial charge on any atom is 0.0673 e. The van der Waals surface area contributed by atoms with Crippen molar-refractivity contribution >= 4 is 9.52 Å². The Bertz CT molecular complexity index is 52.7. The second-order valence-electron chi connectivity index (χ2n) is 1.74. The van der Waals surface area contributed by atoms with Gasteiger partial charge in [0.2, 0.25) is 0 Å². The van der Waals surface area contributed by atoms with Gasteiger partial charge in [0.05, 0.1) is 9.52 Å². The number of nitrogens with one attached hydrogen (secondary N) is 2. The number of hydrogen-bond acceptors (Lipinski definition) is 2. The van der Waals surface area contributed by atoms with Crippen LogP contribution in [0.5, 0.6) is 0 Å². The topological polar surface area (TPSA) is 24.1 Å². The summed E-state index contributed by atoms with van der Waals surface area (Å²) in [5.74, 6) is 0. The normalized spacial score (nSPS) is 62.4. The van der Waals surface area contributed by atoms with Gasteiger partial charge >= 0.3 is 0 Å². The lowest BCUT2D eigenvalue weighted by Gasteiger charge is -2.13. The van der Waals surface area contributed by atoms with Gasteiger partial charge < -0.3 is 0 Å². The van der Waals surface area contributed by atoms with Gasteiger partial charge in [-0.05, 0) is 0 Å². The largest absolute Gasteiger partial charge is 0.257 e. The predicted octanol–water partition coefficient (Wildman–Crippen LogP) is -2.07. The van der Waals surface area contributed by atoms with Gasteiger partial charge in [0.15, 0.2) is 0 Å². The standard InChI is InChI=1S/C2H6N2Si/c3-1-2(4-3)5-1/h1-4H,5H2. The summed E-state index contributed by atoms with van der Waals surface area (Å²) in [6, 6.07) is 0. The maximum absolute atomic E-state index is 3.09. The van der Waals surface area contributed by atoms with E-state index in [1.807, 2.05) is 0 Å². The van der Waals surface area contributed by atoms with Gasteiger partial charge in [-0.2, -0.15) is 0 Å². The van der Waals surface area contributed by atoms with Gasteiger partial charge in [-0.15, -0.1) is 0 Å². The third-order valence-electron chi connectivity index (χ3n) is 1.24. The van der Waals surface area contributed by atoms with Gasteiger partial charge in [-0.25, -0.2) is 0 Å². The summed E-state index contributed by atoms with van der Waals surface area (Å²) in [6.07, 6.45) is 0. The molecule has 0 bridgehead atoms. The molecule has 2 aliphatic heterocycles. The van der Waals surface area contributed by atoms with Crippen molar-refractivity contribution in [3.63, 3.8) is 0 Å². The highest BCUT2D eigenvalue weighted by Crippen LogP contribution is 2.13. The molecule has 5 heavy (non-hydrogen) atoms. The summed E-state index contributed by atoms with van der Waals surface area (Å²) in [6.45, 7) is 0. The molecule has 2 nitrogen and oxygen atoms in total. The Morgan fingerprint density at radius 1 is 1.20 bits per heavy atom. The molecule has 0 amide bonds. The summed E-state index contributed by atoms with van der Waals surface area (Å²) in [5, 5.41) is 0. The van der Waals surface area contributed by atoms with Crippen LogP contribution in [0.15, 0.2) is 0 Å². The fourth-order valence-corrected chi connectivity index (χ4v) is 1.73. The Balaban J connectivity index is 2.19. The quantitative estimate of drug-likeness (QED) is 0.331. The van der Waals surface area contributed by atoms with Crippen molar-refractivity contribution in [1.82, 2.24) is 10.9 Å². The van der Waals surface area contributed by atoms with Crippen LogP contribution in [0.25, 0.3) is 0 Å². The van der Waals surface area contributed by atoms with E-state index in [2.05, 4.69) is 10.9 Å².